The summed E-state index contributed by atoms with van der Waals surface area (Å²) in [5.74, 6) is 1.91. The van der Waals surface area contributed by atoms with Crippen LogP contribution in [0, 0.1) is 5.92 Å². The van der Waals surface area contributed by atoms with Gasteiger partial charge < -0.3 is 60.7 Å². The van der Waals surface area contributed by atoms with E-state index in [1.807, 2.05) is 31.3 Å². The molecule has 73 heavy (non-hydrogen) atoms. The molecular weight excluding hydrogens is 917 g/mol. The normalized spacial score (nSPS) is 22.3. The fourth-order valence-corrected chi connectivity index (χ4v) is 12.2. The average Bonchev–Trinajstić information content (AvgIpc) is 3.83. The molecule has 1 saturated heterocycles. The lowest BCUT2D eigenvalue weighted by molar-refractivity contribution is 0.00498. The highest BCUT2D eigenvalue weighted by Crippen LogP contribution is 2.52. The standard InChI is InChI=1S/C61H72N4O8/c1-63-32-44-26-48-37-72-53(13-5-3-2-4-9-39-15-20-56(69)43(23-39)24-40-10-8-12-51(67)25-40)31-52(68)19-17-42-30-58(57(70)29-46(42)35-66)73-36-47-28-50(27-45-33-65(34-54(45)47)60(48)64-59(44)62)61-21-22-71-38-49(61)18-16-41-11-6-7-14-55(41)61/h6-8,10-12,14-15,20,23,25-30,33-34,49,52-53,59,63-64,66-70H,2-5,9,13,16-19,21-22,24,31-32,35-38,62H2,1H3/t49-,52-,53+,59?,61-/m1/s1. The highest BCUT2D eigenvalue weighted by Gasteiger charge is 2.47. The number of aromatic hydroxyl groups is 3. The van der Waals surface area contributed by atoms with Crippen molar-refractivity contribution in [1.82, 2.24) is 15.2 Å². The Hall–Kier alpha value is -6.12. The number of hydrogen-bond acceptors (Lipinski definition) is 11. The first-order chi connectivity index (χ1) is 35.6. The van der Waals surface area contributed by atoms with Crippen molar-refractivity contribution < 1.29 is 39.7 Å². The summed E-state index contributed by atoms with van der Waals surface area (Å²) in [6.45, 7) is 2.22. The number of phenolic OH excluding ortho intramolecular Hbond substituents is 3. The average molecular weight is 989 g/mol. The minimum Gasteiger partial charge on any atom is -0.508 e. The van der Waals surface area contributed by atoms with Crippen molar-refractivity contribution in [3.8, 4) is 23.0 Å². The van der Waals surface area contributed by atoms with Crippen molar-refractivity contribution in [3.05, 3.63) is 171 Å². The van der Waals surface area contributed by atoms with Gasteiger partial charge in [0.05, 0.1) is 38.2 Å². The van der Waals surface area contributed by atoms with Crippen LogP contribution in [-0.2, 0) is 53.8 Å². The number of likely N-dealkylation sites (N-methyl/N-ethyl adjacent to an activating group) is 1. The van der Waals surface area contributed by atoms with Gasteiger partial charge in [0.2, 0.25) is 0 Å². The van der Waals surface area contributed by atoms with E-state index in [1.165, 1.54) is 22.3 Å². The number of dihydropyridines is 1. The molecule has 1 aliphatic carbocycles. The van der Waals surface area contributed by atoms with Crippen LogP contribution in [0.2, 0.25) is 0 Å². The lowest BCUT2D eigenvalue weighted by atomic mass is 9.57. The fourth-order valence-electron chi connectivity index (χ4n) is 12.2. The summed E-state index contributed by atoms with van der Waals surface area (Å²) in [4.78, 5) is 0. The predicted molar refractivity (Wildman–Crippen MR) is 286 cm³/mol. The zero-order valence-electron chi connectivity index (χ0n) is 42.1. The number of aryl methyl sites for hydroxylation is 3. The third-order valence-electron chi connectivity index (χ3n) is 16.1. The van der Waals surface area contributed by atoms with Crippen molar-refractivity contribution in [2.24, 2.45) is 11.7 Å². The predicted octanol–water partition coefficient (Wildman–Crippen LogP) is 9.17. The zero-order valence-corrected chi connectivity index (χ0v) is 42.1. The van der Waals surface area contributed by atoms with Crippen LogP contribution in [0.5, 0.6) is 23.0 Å². The van der Waals surface area contributed by atoms with E-state index >= 15 is 0 Å². The van der Waals surface area contributed by atoms with E-state index in [1.54, 1.807) is 24.3 Å². The number of nitrogens with one attached hydrogen (secondary N) is 2. The molecule has 0 saturated carbocycles. The van der Waals surface area contributed by atoms with E-state index in [9.17, 15) is 25.5 Å². The first-order valence-corrected chi connectivity index (χ1v) is 26.5. The number of phenols is 3. The number of hydrogen-bond donors (Lipinski definition) is 8. The van der Waals surface area contributed by atoms with E-state index in [0.717, 1.165) is 108 Å². The van der Waals surface area contributed by atoms with Crippen molar-refractivity contribution >= 4 is 16.6 Å². The first kappa shape index (κ1) is 50.4. The van der Waals surface area contributed by atoms with Gasteiger partial charge in [0.1, 0.15) is 23.9 Å². The second kappa shape index (κ2) is 22.6. The molecular formula is C61H72N4O8. The topological polar surface area (TPSA) is 184 Å². The Morgan fingerprint density at radius 2 is 1.68 bits per heavy atom. The van der Waals surface area contributed by atoms with Gasteiger partial charge >= 0.3 is 0 Å². The Labute approximate surface area is 429 Å². The second-order valence-corrected chi connectivity index (χ2v) is 20.9. The number of benzene rings is 5. The van der Waals surface area contributed by atoms with Crippen molar-refractivity contribution in [3.63, 3.8) is 0 Å². The van der Waals surface area contributed by atoms with Gasteiger partial charge in [0.15, 0.2) is 11.5 Å². The minimum atomic E-state index is -0.681. The number of aromatic nitrogens is 1. The summed E-state index contributed by atoms with van der Waals surface area (Å²) in [5, 5.41) is 63.1. The maximum Gasteiger partial charge on any atom is 0.161 e. The van der Waals surface area contributed by atoms with Gasteiger partial charge in [-0.1, -0.05) is 73.9 Å². The lowest BCUT2D eigenvalue weighted by Gasteiger charge is -2.49. The van der Waals surface area contributed by atoms with Crippen LogP contribution < -0.4 is 21.1 Å². The smallest absolute Gasteiger partial charge is 0.161 e. The Balaban J connectivity index is 0.952. The summed E-state index contributed by atoms with van der Waals surface area (Å²) in [5.41, 5.74) is 18.0. The molecule has 1 unspecified atom stereocenters. The Morgan fingerprint density at radius 3 is 2.55 bits per heavy atom. The Morgan fingerprint density at radius 1 is 0.822 bits per heavy atom. The number of nitrogens with zero attached hydrogens (tertiary/aromatic N) is 1. The number of rotatable bonds is 13. The molecule has 10 rings (SSSR count). The van der Waals surface area contributed by atoms with Crippen molar-refractivity contribution in [2.45, 2.75) is 120 Å². The second-order valence-electron chi connectivity index (χ2n) is 20.9. The van der Waals surface area contributed by atoms with Crippen LogP contribution in [0.4, 0.5) is 0 Å². The largest absolute Gasteiger partial charge is 0.508 e. The van der Waals surface area contributed by atoms with E-state index in [-0.39, 0.29) is 42.0 Å². The lowest BCUT2D eigenvalue weighted by Crippen LogP contribution is -2.47. The van der Waals surface area contributed by atoms with Crippen LogP contribution in [0.1, 0.15) is 108 Å². The maximum absolute atomic E-state index is 11.7. The van der Waals surface area contributed by atoms with Gasteiger partial charge in [-0.3, -0.25) is 0 Å². The van der Waals surface area contributed by atoms with Crippen LogP contribution in [0.15, 0.2) is 121 Å². The molecule has 0 radical (unpaired) electrons. The zero-order chi connectivity index (χ0) is 50.5. The first-order valence-electron chi connectivity index (χ1n) is 26.5. The molecule has 4 heterocycles. The maximum atomic E-state index is 11.7. The van der Waals surface area contributed by atoms with Crippen LogP contribution in [0.25, 0.3) is 16.6 Å². The number of ether oxygens (including phenoxy) is 3. The Kier molecular flexibility index (Phi) is 15.6. The minimum absolute atomic E-state index is 0.0393. The van der Waals surface area contributed by atoms with Crippen molar-refractivity contribution in [2.75, 3.05) is 33.4 Å². The van der Waals surface area contributed by atoms with Gasteiger partial charge in [0, 0.05) is 53.7 Å². The summed E-state index contributed by atoms with van der Waals surface area (Å²) >= 11 is 0. The number of aliphatic hydroxyl groups is 2. The van der Waals surface area contributed by atoms with Gasteiger partial charge in [-0.25, -0.2) is 0 Å². The van der Waals surface area contributed by atoms with E-state index in [4.69, 9.17) is 19.9 Å². The molecule has 6 aromatic rings. The highest BCUT2D eigenvalue weighted by molar-refractivity contribution is 5.88. The molecule has 5 atom stereocenters. The van der Waals surface area contributed by atoms with Gasteiger partial charge in [0.25, 0.3) is 0 Å². The van der Waals surface area contributed by atoms with E-state index in [2.05, 4.69) is 76.1 Å². The molecule has 384 valence electrons. The summed E-state index contributed by atoms with van der Waals surface area (Å²) < 4.78 is 21.9. The van der Waals surface area contributed by atoms with E-state index in [0.29, 0.717) is 69.3 Å². The van der Waals surface area contributed by atoms with Crippen LogP contribution in [0.3, 0.4) is 0 Å². The summed E-state index contributed by atoms with van der Waals surface area (Å²) in [6, 6.07) is 30.0. The summed E-state index contributed by atoms with van der Waals surface area (Å²) in [7, 11) is 1.92. The third-order valence-corrected chi connectivity index (χ3v) is 16.1. The molecule has 9 N–H and O–H groups in total. The van der Waals surface area contributed by atoms with Gasteiger partial charge in [-0.05, 0) is 169 Å². The number of nitrogens with two attached hydrogens (primary N) is 1. The molecule has 4 aliphatic rings. The third kappa shape index (κ3) is 11.1. The molecule has 4 bridgehead atoms. The van der Waals surface area contributed by atoms with Crippen LogP contribution in [-0.4, -0.2) is 81.9 Å². The number of aliphatic hydroxyl groups excluding tert-OH is 2. The molecule has 12 nitrogen and oxygen atoms in total. The molecule has 5 aromatic carbocycles. The van der Waals surface area contributed by atoms with Crippen LogP contribution >= 0.6 is 0 Å². The number of unbranched alkanes of at least 4 members (excludes halogenated alkanes) is 3. The molecule has 12 heteroatoms. The van der Waals surface area contributed by atoms with Gasteiger partial charge in [-0.2, -0.15) is 0 Å². The summed E-state index contributed by atoms with van der Waals surface area (Å²) in [6.07, 6.45) is 15.6. The molecule has 1 aromatic heterocycles. The quantitative estimate of drug-likeness (QED) is 0.0517. The molecule has 0 amide bonds. The highest BCUT2D eigenvalue weighted by atomic mass is 16.5. The molecule has 1 fully saturated rings. The van der Waals surface area contributed by atoms with Crippen molar-refractivity contribution in [1.29, 1.82) is 0 Å². The number of fused-ring (bicyclic) bond motifs is 7. The monoisotopic (exact) mass is 989 g/mol. The fraction of sp³-hybridized carbons (Fsp3) is 0.410. The van der Waals surface area contributed by atoms with Gasteiger partial charge in [-0.15, -0.1) is 0 Å². The molecule has 0 spiro atoms. The Bertz CT molecular complexity index is 2980. The SMILES string of the molecule is CNCC1=CC2=C(NC1N)n1cc3cc([C@@]45CCOC[C@H]4CCc4ccccc45)cc(c3c1)COc1cc(c(CO)cc1O)CC[C@@H](O)C[C@H](CCCCCCc1ccc(O)c(Cc3cccc(O)c3)c1)OC2. The van der Waals surface area contributed by atoms with E-state index < -0.39 is 12.3 Å². The molecule has 3 aliphatic heterocycles.